The molecule has 1 unspecified atom stereocenters. The first-order valence-corrected chi connectivity index (χ1v) is 6.68. The van der Waals surface area contributed by atoms with Gasteiger partial charge >= 0.3 is 0 Å². The Morgan fingerprint density at radius 3 is 3.14 bits per heavy atom. The quantitative estimate of drug-likeness (QED) is 0.860. The zero-order chi connectivity index (χ0) is 13.8. The van der Waals surface area contributed by atoms with Gasteiger partial charge in [0.25, 0.3) is 0 Å². The summed E-state index contributed by atoms with van der Waals surface area (Å²) in [6.45, 7) is 1.80. The van der Waals surface area contributed by atoms with E-state index in [0.29, 0.717) is 30.3 Å². The fourth-order valence-electron chi connectivity index (χ4n) is 2.16. The summed E-state index contributed by atoms with van der Waals surface area (Å²) < 4.78 is 10.3. The van der Waals surface area contributed by atoms with Gasteiger partial charge in [-0.05, 0) is 25.1 Å². The molecule has 0 saturated carbocycles. The molecule has 1 saturated heterocycles. The second-order valence-electron chi connectivity index (χ2n) is 4.75. The number of halogens is 1. The van der Waals surface area contributed by atoms with Crippen molar-refractivity contribution in [3.63, 3.8) is 0 Å². The average Bonchev–Trinajstić information content (AvgIpc) is 3.18. The van der Waals surface area contributed by atoms with Crippen LogP contribution in [0, 0.1) is 0 Å². The van der Waals surface area contributed by atoms with Crippen LogP contribution in [0.2, 0.25) is 0 Å². The lowest BCUT2D eigenvalue weighted by atomic mass is 10.2. The Balaban J connectivity index is 0.00000161. The van der Waals surface area contributed by atoms with E-state index in [1.807, 2.05) is 0 Å². The van der Waals surface area contributed by atoms with Crippen LogP contribution in [0.5, 0.6) is 0 Å². The molecular formula is C13H17ClN4O3. The largest absolute Gasteiger partial charge is 0.461 e. The van der Waals surface area contributed by atoms with E-state index in [9.17, 15) is 4.79 Å². The Morgan fingerprint density at radius 2 is 2.43 bits per heavy atom. The summed E-state index contributed by atoms with van der Waals surface area (Å²) in [5, 5.41) is 10.00. The number of nitrogens with one attached hydrogen (secondary N) is 2. The van der Waals surface area contributed by atoms with Gasteiger partial charge in [0.2, 0.25) is 17.6 Å². The summed E-state index contributed by atoms with van der Waals surface area (Å²) in [6.07, 6.45) is 3.30. The molecule has 2 N–H and O–H groups in total. The van der Waals surface area contributed by atoms with Crippen molar-refractivity contribution in [3.8, 4) is 11.6 Å². The molecule has 0 spiro atoms. The molecule has 2 aromatic rings. The first kappa shape index (κ1) is 15.5. The Morgan fingerprint density at radius 1 is 1.52 bits per heavy atom. The van der Waals surface area contributed by atoms with Gasteiger partial charge in [-0.15, -0.1) is 12.4 Å². The average molecular weight is 313 g/mol. The van der Waals surface area contributed by atoms with E-state index < -0.39 is 0 Å². The van der Waals surface area contributed by atoms with Gasteiger partial charge in [0.15, 0.2) is 5.76 Å². The van der Waals surface area contributed by atoms with E-state index in [1.54, 1.807) is 18.4 Å². The second kappa shape index (κ2) is 7.24. The molecule has 3 heterocycles. The zero-order valence-electron chi connectivity index (χ0n) is 11.4. The summed E-state index contributed by atoms with van der Waals surface area (Å²) in [4.78, 5) is 16.0. The van der Waals surface area contributed by atoms with E-state index in [0.717, 1.165) is 19.5 Å². The fourth-order valence-corrected chi connectivity index (χ4v) is 2.16. The SMILES string of the molecule is Cl.O=C(CCc1nc(-c2ccco2)no1)NC1CCNC1. The van der Waals surface area contributed by atoms with Gasteiger partial charge in [0.1, 0.15) is 0 Å². The fraction of sp³-hybridized carbons (Fsp3) is 0.462. The normalized spacial score (nSPS) is 17.4. The number of carbonyl (C=O) groups is 1. The number of amides is 1. The predicted octanol–water partition coefficient (Wildman–Crippen LogP) is 1.16. The van der Waals surface area contributed by atoms with Crippen LogP contribution in [0.3, 0.4) is 0 Å². The van der Waals surface area contributed by atoms with Crippen LogP contribution in [0.15, 0.2) is 27.3 Å². The molecule has 3 rings (SSSR count). The Hall–Kier alpha value is -1.86. The highest BCUT2D eigenvalue weighted by atomic mass is 35.5. The number of hydrogen-bond donors (Lipinski definition) is 2. The Kier molecular flexibility index (Phi) is 5.35. The number of carbonyl (C=O) groups excluding carboxylic acids is 1. The summed E-state index contributed by atoms with van der Waals surface area (Å²) in [6, 6.07) is 3.76. The summed E-state index contributed by atoms with van der Waals surface area (Å²) in [5.74, 6) is 1.42. The maximum atomic E-state index is 11.8. The third kappa shape index (κ3) is 4.05. The maximum Gasteiger partial charge on any atom is 0.238 e. The highest BCUT2D eigenvalue weighted by Crippen LogP contribution is 2.16. The molecule has 2 aromatic heterocycles. The molecule has 1 amide bonds. The summed E-state index contributed by atoms with van der Waals surface area (Å²) in [7, 11) is 0. The smallest absolute Gasteiger partial charge is 0.238 e. The molecule has 0 radical (unpaired) electrons. The van der Waals surface area contributed by atoms with Crippen molar-refractivity contribution < 1.29 is 13.7 Å². The molecule has 0 bridgehead atoms. The van der Waals surface area contributed by atoms with Crippen molar-refractivity contribution in [3.05, 3.63) is 24.3 Å². The lowest BCUT2D eigenvalue weighted by Crippen LogP contribution is -2.36. The number of furan rings is 1. The molecule has 1 aliphatic heterocycles. The van der Waals surface area contributed by atoms with Gasteiger partial charge in [0.05, 0.1) is 6.26 Å². The van der Waals surface area contributed by atoms with Crippen molar-refractivity contribution in [2.45, 2.75) is 25.3 Å². The topological polar surface area (TPSA) is 93.2 Å². The molecule has 0 aliphatic carbocycles. The van der Waals surface area contributed by atoms with Gasteiger partial charge in [-0.3, -0.25) is 4.79 Å². The van der Waals surface area contributed by atoms with Crippen LogP contribution in [-0.4, -0.2) is 35.2 Å². The van der Waals surface area contributed by atoms with E-state index in [-0.39, 0.29) is 24.4 Å². The van der Waals surface area contributed by atoms with Crippen LogP contribution < -0.4 is 10.6 Å². The van der Waals surface area contributed by atoms with Gasteiger partial charge in [-0.25, -0.2) is 0 Å². The van der Waals surface area contributed by atoms with Crippen molar-refractivity contribution in [2.75, 3.05) is 13.1 Å². The summed E-state index contributed by atoms with van der Waals surface area (Å²) in [5.41, 5.74) is 0. The maximum absolute atomic E-state index is 11.8. The third-order valence-electron chi connectivity index (χ3n) is 3.20. The van der Waals surface area contributed by atoms with Crippen LogP contribution in [0.4, 0.5) is 0 Å². The number of hydrogen-bond acceptors (Lipinski definition) is 6. The van der Waals surface area contributed by atoms with Crippen LogP contribution >= 0.6 is 12.4 Å². The number of aromatic nitrogens is 2. The molecule has 114 valence electrons. The second-order valence-corrected chi connectivity index (χ2v) is 4.75. The molecular weight excluding hydrogens is 296 g/mol. The standard InChI is InChI=1S/C13H16N4O3.ClH/c18-11(15-9-5-6-14-8-9)3-4-12-16-13(17-20-12)10-2-1-7-19-10;/h1-2,7,9,14H,3-6,8H2,(H,15,18);1H. The van der Waals surface area contributed by atoms with Crippen molar-refractivity contribution in [2.24, 2.45) is 0 Å². The molecule has 7 nitrogen and oxygen atoms in total. The first-order valence-electron chi connectivity index (χ1n) is 6.68. The number of rotatable bonds is 5. The highest BCUT2D eigenvalue weighted by molar-refractivity contribution is 5.85. The van der Waals surface area contributed by atoms with E-state index in [1.165, 1.54) is 0 Å². The molecule has 1 atom stereocenters. The lowest BCUT2D eigenvalue weighted by Gasteiger charge is -2.10. The van der Waals surface area contributed by atoms with Gasteiger partial charge in [-0.1, -0.05) is 5.16 Å². The minimum absolute atomic E-state index is 0. The Labute approximate surface area is 127 Å². The number of aryl methyl sites for hydroxylation is 1. The van der Waals surface area contributed by atoms with Crippen molar-refractivity contribution in [1.29, 1.82) is 0 Å². The number of nitrogens with zero attached hydrogens (tertiary/aromatic N) is 2. The van der Waals surface area contributed by atoms with Crippen LogP contribution in [0.1, 0.15) is 18.7 Å². The lowest BCUT2D eigenvalue weighted by molar-refractivity contribution is -0.121. The third-order valence-corrected chi connectivity index (χ3v) is 3.20. The molecule has 8 heteroatoms. The Bertz CT molecular complexity index is 564. The molecule has 1 aliphatic rings. The minimum atomic E-state index is 0. The van der Waals surface area contributed by atoms with E-state index >= 15 is 0 Å². The van der Waals surface area contributed by atoms with Gasteiger partial charge in [-0.2, -0.15) is 4.98 Å². The van der Waals surface area contributed by atoms with E-state index in [2.05, 4.69) is 20.8 Å². The van der Waals surface area contributed by atoms with Crippen LogP contribution in [-0.2, 0) is 11.2 Å². The highest BCUT2D eigenvalue weighted by Gasteiger charge is 2.17. The molecule has 0 aromatic carbocycles. The summed E-state index contributed by atoms with van der Waals surface area (Å²) >= 11 is 0. The first-order chi connectivity index (χ1) is 9.81. The van der Waals surface area contributed by atoms with E-state index in [4.69, 9.17) is 8.94 Å². The predicted molar refractivity (Wildman–Crippen MR) is 77.0 cm³/mol. The monoisotopic (exact) mass is 312 g/mol. The van der Waals surface area contributed by atoms with Gasteiger partial charge < -0.3 is 19.6 Å². The van der Waals surface area contributed by atoms with Crippen molar-refractivity contribution in [1.82, 2.24) is 20.8 Å². The molecule has 21 heavy (non-hydrogen) atoms. The van der Waals surface area contributed by atoms with Crippen molar-refractivity contribution >= 4 is 18.3 Å². The van der Waals surface area contributed by atoms with Gasteiger partial charge in [0, 0.05) is 25.4 Å². The van der Waals surface area contributed by atoms with Crippen LogP contribution in [0.25, 0.3) is 11.6 Å². The zero-order valence-corrected chi connectivity index (χ0v) is 12.2. The molecule has 1 fully saturated rings. The minimum Gasteiger partial charge on any atom is -0.461 e.